The summed E-state index contributed by atoms with van der Waals surface area (Å²) in [4.78, 5) is 15.3. The Morgan fingerprint density at radius 2 is 2.25 bits per heavy atom. The average Bonchev–Trinajstić information content (AvgIpc) is 3.03. The number of H-pyrrole nitrogens is 1. The number of carbonyl (C=O) groups is 1. The molecule has 0 saturated heterocycles. The third-order valence-corrected chi connectivity index (χ3v) is 4.30. The van der Waals surface area contributed by atoms with Crippen LogP contribution in [0.4, 0.5) is 0 Å². The molecule has 1 fully saturated rings. The molecule has 1 aromatic carbocycles. The van der Waals surface area contributed by atoms with Crippen molar-refractivity contribution in [2.45, 2.75) is 12.8 Å². The maximum atomic E-state index is 12.2. The van der Waals surface area contributed by atoms with Crippen LogP contribution in [0.25, 0.3) is 10.9 Å². The van der Waals surface area contributed by atoms with Crippen LogP contribution >= 0.6 is 0 Å². The van der Waals surface area contributed by atoms with Crippen LogP contribution in [-0.4, -0.2) is 16.6 Å². The second-order valence-corrected chi connectivity index (χ2v) is 5.43. The van der Waals surface area contributed by atoms with Crippen molar-refractivity contribution >= 4 is 22.5 Å². The third-order valence-electron chi connectivity index (χ3n) is 4.30. The third kappa shape index (κ3) is 1.68. The molecule has 2 N–H and O–H groups in total. The van der Waals surface area contributed by atoms with Crippen LogP contribution in [0.15, 0.2) is 47.7 Å². The lowest BCUT2D eigenvalue weighted by molar-refractivity contribution is 0.0955. The Morgan fingerprint density at radius 3 is 3.15 bits per heavy atom. The fourth-order valence-corrected chi connectivity index (χ4v) is 3.11. The molecule has 2 aliphatic carbocycles. The van der Waals surface area contributed by atoms with Crippen molar-refractivity contribution in [3.63, 3.8) is 0 Å². The summed E-state index contributed by atoms with van der Waals surface area (Å²) in [6, 6.07) is 7.77. The number of fused-ring (bicyclic) bond motifs is 2. The van der Waals surface area contributed by atoms with E-state index in [0.717, 1.165) is 29.5 Å². The van der Waals surface area contributed by atoms with Gasteiger partial charge < -0.3 is 4.98 Å². The van der Waals surface area contributed by atoms with Gasteiger partial charge in [-0.25, -0.2) is 5.43 Å². The highest BCUT2D eigenvalue weighted by Crippen LogP contribution is 2.40. The van der Waals surface area contributed by atoms with E-state index in [9.17, 15) is 4.79 Å². The minimum Gasteiger partial charge on any atom is -0.360 e. The van der Waals surface area contributed by atoms with Crippen molar-refractivity contribution < 1.29 is 4.79 Å². The smallest absolute Gasteiger partial charge is 0.273 e. The van der Waals surface area contributed by atoms with Gasteiger partial charge in [0.2, 0.25) is 0 Å². The van der Waals surface area contributed by atoms with Gasteiger partial charge in [0, 0.05) is 28.7 Å². The van der Waals surface area contributed by atoms with Crippen molar-refractivity contribution in [2.24, 2.45) is 16.9 Å². The molecule has 0 radical (unpaired) electrons. The number of hydrazone groups is 1. The predicted molar refractivity (Wildman–Crippen MR) is 78.6 cm³/mol. The highest BCUT2D eigenvalue weighted by Gasteiger charge is 2.38. The van der Waals surface area contributed by atoms with E-state index in [1.165, 1.54) is 0 Å². The second kappa shape index (κ2) is 4.34. The first-order valence-corrected chi connectivity index (χ1v) is 6.92. The van der Waals surface area contributed by atoms with Gasteiger partial charge in [-0.1, -0.05) is 30.4 Å². The maximum absolute atomic E-state index is 12.2. The Morgan fingerprint density at radius 1 is 1.35 bits per heavy atom. The lowest BCUT2D eigenvalue weighted by atomic mass is 9.74. The molecule has 2 atom stereocenters. The summed E-state index contributed by atoms with van der Waals surface area (Å²) >= 11 is 0. The van der Waals surface area contributed by atoms with Crippen LogP contribution in [-0.2, 0) is 0 Å². The molecule has 20 heavy (non-hydrogen) atoms. The van der Waals surface area contributed by atoms with Crippen LogP contribution in [0.2, 0.25) is 0 Å². The highest BCUT2D eigenvalue weighted by atomic mass is 16.2. The molecule has 1 amide bonds. The largest absolute Gasteiger partial charge is 0.360 e. The first kappa shape index (κ1) is 11.5. The summed E-state index contributed by atoms with van der Waals surface area (Å²) in [5.41, 5.74) is 5.42. The first-order chi connectivity index (χ1) is 9.83. The fourth-order valence-electron chi connectivity index (χ4n) is 3.11. The highest BCUT2D eigenvalue weighted by molar-refractivity contribution is 6.07. The van der Waals surface area contributed by atoms with E-state index in [4.69, 9.17) is 0 Å². The van der Waals surface area contributed by atoms with E-state index in [0.29, 0.717) is 17.4 Å². The normalized spacial score (nSPS) is 25.7. The molecule has 2 aliphatic rings. The van der Waals surface area contributed by atoms with Gasteiger partial charge in [-0.05, 0) is 24.8 Å². The molecule has 100 valence electrons. The van der Waals surface area contributed by atoms with E-state index in [1.807, 2.05) is 24.3 Å². The number of benzene rings is 1. The second-order valence-electron chi connectivity index (χ2n) is 5.43. The molecule has 0 aliphatic heterocycles. The summed E-state index contributed by atoms with van der Waals surface area (Å²) in [7, 11) is 0. The quantitative estimate of drug-likeness (QED) is 0.636. The fraction of sp³-hybridized carbons (Fsp3) is 0.250. The van der Waals surface area contributed by atoms with E-state index < -0.39 is 0 Å². The predicted octanol–water partition coefficient (Wildman–Crippen LogP) is 2.85. The monoisotopic (exact) mass is 265 g/mol. The molecule has 1 saturated carbocycles. The number of nitrogens with one attached hydrogen (secondary N) is 2. The van der Waals surface area contributed by atoms with Gasteiger partial charge in [-0.15, -0.1) is 0 Å². The average molecular weight is 265 g/mol. The number of aromatic nitrogens is 1. The van der Waals surface area contributed by atoms with Crippen LogP contribution in [0.3, 0.4) is 0 Å². The molecular weight excluding hydrogens is 250 g/mol. The Balaban J connectivity index is 1.52. The van der Waals surface area contributed by atoms with Gasteiger partial charge in [0.1, 0.15) is 0 Å². The van der Waals surface area contributed by atoms with Crippen molar-refractivity contribution in [2.75, 3.05) is 0 Å². The van der Waals surface area contributed by atoms with Crippen LogP contribution < -0.4 is 5.43 Å². The SMILES string of the molecule is O=C(N/N=C1\C[C@@H]2C=CC[C@@H]12)c1c[nH]c2ccccc12. The van der Waals surface area contributed by atoms with Crippen LogP contribution in [0, 0.1) is 11.8 Å². The summed E-state index contributed by atoms with van der Waals surface area (Å²) in [6.45, 7) is 0. The summed E-state index contributed by atoms with van der Waals surface area (Å²) in [6.07, 6.45) is 8.24. The van der Waals surface area contributed by atoms with Crippen LogP contribution in [0.5, 0.6) is 0 Å². The van der Waals surface area contributed by atoms with E-state index in [-0.39, 0.29) is 5.91 Å². The Labute approximate surface area is 116 Å². The Hall–Kier alpha value is -2.36. The lowest BCUT2D eigenvalue weighted by Gasteiger charge is -2.31. The number of aromatic amines is 1. The van der Waals surface area contributed by atoms with Crippen LogP contribution in [0.1, 0.15) is 23.2 Å². The van der Waals surface area contributed by atoms with Gasteiger partial charge in [-0.3, -0.25) is 4.79 Å². The number of allylic oxidation sites excluding steroid dienone is 2. The number of carbonyl (C=O) groups excluding carboxylic acids is 1. The van der Waals surface area contributed by atoms with Crippen molar-refractivity contribution in [1.29, 1.82) is 0 Å². The number of amides is 1. The summed E-state index contributed by atoms with van der Waals surface area (Å²) in [5.74, 6) is 1.03. The van der Waals surface area contributed by atoms with E-state index >= 15 is 0 Å². The zero-order valence-electron chi connectivity index (χ0n) is 11.0. The molecule has 4 nitrogen and oxygen atoms in total. The summed E-state index contributed by atoms with van der Waals surface area (Å²) in [5, 5.41) is 5.23. The topological polar surface area (TPSA) is 57.2 Å². The molecule has 0 spiro atoms. The molecular formula is C16H15N3O. The Kier molecular flexibility index (Phi) is 2.49. The zero-order chi connectivity index (χ0) is 13.5. The molecule has 0 bridgehead atoms. The van der Waals surface area contributed by atoms with Gasteiger partial charge in [0.05, 0.1) is 5.56 Å². The van der Waals surface area contributed by atoms with Gasteiger partial charge in [-0.2, -0.15) is 5.10 Å². The lowest BCUT2D eigenvalue weighted by Crippen LogP contribution is -2.35. The number of para-hydroxylation sites is 1. The number of hydrogen-bond acceptors (Lipinski definition) is 2. The number of hydrogen-bond donors (Lipinski definition) is 2. The molecule has 2 aromatic rings. The van der Waals surface area contributed by atoms with Crippen molar-refractivity contribution in [3.8, 4) is 0 Å². The van der Waals surface area contributed by atoms with Crippen molar-refractivity contribution in [1.82, 2.24) is 10.4 Å². The standard InChI is InChI=1S/C16H15N3O/c20-16(13-9-17-14-7-2-1-5-12(13)14)19-18-15-8-10-4-3-6-11(10)15/h1-5,7,9-11,17H,6,8H2,(H,19,20)/b18-15+/t10-,11+/m0/s1. The minimum absolute atomic E-state index is 0.149. The molecule has 1 heterocycles. The van der Waals surface area contributed by atoms with E-state index in [2.05, 4.69) is 27.7 Å². The van der Waals surface area contributed by atoms with Gasteiger partial charge in [0.15, 0.2) is 0 Å². The van der Waals surface area contributed by atoms with Gasteiger partial charge in [0.25, 0.3) is 5.91 Å². The zero-order valence-corrected chi connectivity index (χ0v) is 11.0. The maximum Gasteiger partial charge on any atom is 0.273 e. The number of nitrogens with zero attached hydrogens (tertiary/aromatic N) is 1. The minimum atomic E-state index is -0.149. The number of rotatable bonds is 2. The Bertz CT molecular complexity index is 741. The van der Waals surface area contributed by atoms with Gasteiger partial charge >= 0.3 is 0 Å². The summed E-state index contributed by atoms with van der Waals surface area (Å²) < 4.78 is 0. The molecule has 4 heteroatoms. The van der Waals surface area contributed by atoms with E-state index in [1.54, 1.807) is 6.20 Å². The van der Waals surface area contributed by atoms with Crippen molar-refractivity contribution in [3.05, 3.63) is 48.2 Å². The molecule has 1 aromatic heterocycles. The molecule has 0 unspecified atom stereocenters. The first-order valence-electron chi connectivity index (χ1n) is 6.92. The molecule has 4 rings (SSSR count).